The van der Waals surface area contributed by atoms with E-state index in [1.165, 1.54) is 12.8 Å². The van der Waals surface area contributed by atoms with E-state index in [0.717, 1.165) is 11.2 Å². The maximum Gasteiger partial charge on any atom is 0.196 e. The minimum absolute atomic E-state index is 0.620. The number of fused-ring (bicyclic) bond motifs is 1. The Morgan fingerprint density at radius 1 is 1.06 bits per heavy atom. The van der Waals surface area contributed by atoms with E-state index in [0.29, 0.717) is 23.2 Å². The van der Waals surface area contributed by atoms with Crippen molar-refractivity contribution in [3.8, 4) is 11.6 Å². The van der Waals surface area contributed by atoms with E-state index < -0.39 is 0 Å². The quantitative estimate of drug-likeness (QED) is 0.742. The Balaban J connectivity index is 1.83. The summed E-state index contributed by atoms with van der Waals surface area (Å²) < 4.78 is 0. The molecule has 1 aliphatic rings. The third-order valence-corrected chi connectivity index (χ3v) is 3.14. The molecule has 0 aliphatic heterocycles. The van der Waals surface area contributed by atoms with Crippen LogP contribution in [0.25, 0.3) is 22.8 Å². The van der Waals surface area contributed by atoms with Crippen LogP contribution >= 0.6 is 0 Å². The van der Waals surface area contributed by atoms with Gasteiger partial charge < -0.3 is 4.98 Å². The van der Waals surface area contributed by atoms with Crippen LogP contribution in [0.15, 0.2) is 30.6 Å². The van der Waals surface area contributed by atoms with Crippen molar-refractivity contribution in [2.75, 3.05) is 0 Å². The molecule has 3 heterocycles. The normalized spacial score (nSPS) is 15.1. The van der Waals surface area contributed by atoms with Crippen LogP contribution in [0.4, 0.5) is 0 Å². The van der Waals surface area contributed by atoms with Gasteiger partial charge in [0.1, 0.15) is 0 Å². The van der Waals surface area contributed by atoms with Crippen molar-refractivity contribution < 1.29 is 0 Å². The van der Waals surface area contributed by atoms with Gasteiger partial charge in [-0.25, -0.2) is 19.9 Å². The number of pyridine rings is 1. The Morgan fingerprint density at radius 2 is 2.00 bits per heavy atom. The summed E-state index contributed by atoms with van der Waals surface area (Å²) >= 11 is 0. The fourth-order valence-electron chi connectivity index (χ4n) is 2.04. The Kier molecular flexibility index (Phi) is 1.94. The molecule has 0 spiro atoms. The number of nitrogens with zero attached hydrogens (tertiary/aromatic N) is 4. The molecule has 5 heteroatoms. The Bertz CT molecular complexity index is 681. The van der Waals surface area contributed by atoms with E-state index in [-0.39, 0.29) is 0 Å². The van der Waals surface area contributed by atoms with Gasteiger partial charge in [-0.1, -0.05) is 0 Å². The average molecular weight is 237 g/mol. The van der Waals surface area contributed by atoms with Gasteiger partial charge in [-0.2, -0.15) is 0 Å². The molecule has 0 amide bonds. The molecule has 0 radical (unpaired) electrons. The third-order valence-electron chi connectivity index (χ3n) is 3.14. The molecule has 1 aliphatic carbocycles. The van der Waals surface area contributed by atoms with Gasteiger partial charge in [-0.15, -0.1) is 0 Å². The third kappa shape index (κ3) is 1.55. The first kappa shape index (κ1) is 9.70. The van der Waals surface area contributed by atoms with Crippen LogP contribution in [0.5, 0.6) is 0 Å². The Labute approximate surface area is 103 Å². The highest BCUT2D eigenvalue weighted by molar-refractivity contribution is 5.73. The lowest BCUT2D eigenvalue weighted by molar-refractivity contribution is 0.983. The lowest BCUT2D eigenvalue weighted by Gasteiger charge is -1.98. The predicted octanol–water partition coefficient (Wildman–Crippen LogP) is 2.29. The fourth-order valence-corrected chi connectivity index (χ4v) is 2.04. The monoisotopic (exact) mass is 237 g/mol. The molecule has 0 unspecified atom stereocenters. The zero-order valence-electron chi connectivity index (χ0n) is 9.67. The molecule has 5 nitrogen and oxygen atoms in total. The second kappa shape index (κ2) is 3.60. The molecule has 0 atom stereocenters. The summed E-state index contributed by atoms with van der Waals surface area (Å²) in [4.78, 5) is 20.7. The van der Waals surface area contributed by atoms with Crippen LogP contribution in [-0.4, -0.2) is 24.9 Å². The van der Waals surface area contributed by atoms with Crippen molar-refractivity contribution in [3.63, 3.8) is 0 Å². The minimum atomic E-state index is 0.620. The van der Waals surface area contributed by atoms with Crippen LogP contribution in [0.3, 0.4) is 0 Å². The average Bonchev–Trinajstić information content (AvgIpc) is 3.18. The molecular weight excluding hydrogens is 226 g/mol. The van der Waals surface area contributed by atoms with E-state index in [1.54, 1.807) is 12.4 Å². The fraction of sp³-hybridized carbons (Fsp3) is 0.231. The number of imidazole rings is 1. The van der Waals surface area contributed by atoms with Crippen LogP contribution in [0, 0.1) is 0 Å². The summed E-state index contributed by atoms with van der Waals surface area (Å²) in [7, 11) is 0. The Hall–Kier alpha value is -2.30. The lowest BCUT2D eigenvalue weighted by atomic mass is 10.3. The molecule has 3 aromatic rings. The topological polar surface area (TPSA) is 67.3 Å². The van der Waals surface area contributed by atoms with Crippen molar-refractivity contribution in [2.24, 2.45) is 0 Å². The molecular formula is C13H11N5. The number of hydrogen-bond donors (Lipinski definition) is 1. The van der Waals surface area contributed by atoms with Crippen LogP contribution in [0.1, 0.15) is 24.5 Å². The predicted molar refractivity (Wildman–Crippen MR) is 66.9 cm³/mol. The zero-order chi connectivity index (χ0) is 11.9. The maximum atomic E-state index is 4.57. The summed E-state index contributed by atoms with van der Waals surface area (Å²) in [5, 5.41) is 0. The van der Waals surface area contributed by atoms with Gasteiger partial charge in [0, 0.05) is 24.0 Å². The number of H-pyrrole nitrogens is 1. The lowest BCUT2D eigenvalue weighted by Crippen LogP contribution is -1.94. The number of nitrogens with one attached hydrogen (secondary N) is 1. The highest BCUT2D eigenvalue weighted by Gasteiger charge is 2.25. The molecule has 1 fully saturated rings. The van der Waals surface area contributed by atoms with Crippen LogP contribution < -0.4 is 0 Å². The highest BCUT2D eigenvalue weighted by Crippen LogP contribution is 2.39. The van der Waals surface area contributed by atoms with E-state index in [1.807, 2.05) is 18.2 Å². The Morgan fingerprint density at radius 3 is 2.83 bits per heavy atom. The van der Waals surface area contributed by atoms with Gasteiger partial charge in [0.25, 0.3) is 0 Å². The van der Waals surface area contributed by atoms with E-state index in [9.17, 15) is 0 Å². The molecule has 0 bridgehead atoms. The second-order valence-electron chi connectivity index (χ2n) is 4.54. The van der Waals surface area contributed by atoms with Crippen molar-refractivity contribution in [3.05, 3.63) is 36.3 Å². The number of rotatable bonds is 2. The van der Waals surface area contributed by atoms with Gasteiger partial charge in [0.15, 0.2) is 17.3 Å². The van der Waals surface area contributed by atoms with Gasteiger partial charge in [0.2, 0.25) is 0 Å². The van der Waals surface area contributed by atoms with E-state index in [4.69, 9.17) is 0 Å². The molecule has 1 saturated carbocycles. The SMILES string of the molecule is c1cnc2nc(-c3nccc(C4CC4)n3)[nH]c2c1. The van der Waals surface area contributed by atoms with Crippen LogP contribution in [-0.2, 0) is 0 Å². The summed E-state index contributed by atoms with van der Waals surface area (Å²) in [6, 6.07) is 5.82. The number of hydrogen-bond acceptors (Lipinski definition) is 4. The highest BCUT2D eigenvalue weighted by atomic mass is 15.0. The number of aromatic amines is 1. The number of aromatic nitrogens is 5. The molecule has 1 N–H and O–H groups in total. The first-order valence-corrected chi connectivity index (χ1v) is 6.04. The second-order valence-corrected chi connectivity index (χ2v) is 4.54. The summed E-state index contributed by atoms with van der Waals surface area (Å²) in [6.45, 7) is 0. The smallest absolute Gasteiger partial charge is 0.196 e. The van der Waals surface area contributed by atoms with Gasteiger partial charge in [-0.05, 0) is 31.0 Å². The summed E-state index contributed by atoms with van der Waals surface area (Å²) in [6.07, 6.45) is 6.00. The zero-order valence-corrected chi connectivity index (χ0v) is 9.67. The first-order chi connectivity index (χ1) is 8.90. The van der Waals surface area contributed by atoms with Crippen molar-refractivity contribution in [1.29, 1.82) is 0 Å². The maximum absolute atomic E-state index is 4.57. The van der Waals surface area contributed by atoms with Crippen LogP contribution in [0.2, 0.25) is 0 Å². The molecule has 0 saturated heterocycles. The molecule has 4 rings (SSSR count). The van der Waals surface area contributed by atoms with Gasteiger partial charge >= 0.3 is 0 Å². The molecule has 0 aromatic carbocycles. The van der Waals surface area contributed by atoms with Crippen molar-refractivity contribution in [2.45, 2.75) is 18.8 Å². The molecule has 3 aromatic heterocycles. The van der Waals surface area contributed by atoms with E-state index in [2.05, 4.69) is 24.9 Å². The summed E-state index contributed by atoms with van der Waals surface area (Å²) in [5.74, 6) is 1.96. The standard InChI is InChI=1S/C13H11N5/c1-2-10-11(14-6-1)18-13(17-10)12-15-7-5-9(16-12)8-3-4-8/h1-2,5-8H,3-4H2,(H,14,17,18). The van der Waals surface area contributed by atoms with Crippen molar-refractivity contribution >= 4 is 11.2 Å². The van der Waals surface area contributed by atoms with Gasteiger partial charge in [-0.3, -0.25) is 0 Å². The molecule has 18 heavy (non-hydrogen) atoms. The largest absolute Gasteiger partial charge is 0.334 e. The molecule has 88 valence electrons. The van der Waals surface area contributed by atoms with Crippen molar-refractivity contribution in [1.82, 2.24) is 24.9 Å². The van der Waals surface area contributed by atoms with Gasteiger partial charge in [0.05, 0.1) is 5.52 Å². The first-order valence-electron chi connectivity index (χ1n) is 6.04. The summed E-state index contributed by atoms with van der Waals surface area (Å²) in [5.41, 5.74) is 2.73. The van der Waals surface area contributed by atoms with E-state index >= 15 is 0 Å². The minimum Gasteiger partial charge on any atom is -0.334 e.